The summed E-state index contributed by atoms with van der Waals surface area (Å²) in [6.45, 7) is 4.31. The summed E-state index contributed by atoms with van der Waals surface area (Å²) in [5, 5.41) is 0. The molecule has 4 nitrogen and oxygen atoms in total. The highest BCUT2D eigenvalue weighted by molar-refractivity contribution is 5.94. The molecule has 2 heterocycles. The molecule has 2 fully saturated rings. The molecule has 1 aromatic carbocycles. The van der Waals surface area contributed by atoms with Crippen molar-refractivity contribution in [1.29, 1.82) is 0 Å². The number of likely N-dealkylation sites (tertiary alicyclic amines) is 2. The van der Waals surface area contributed by atoms with Gasteiger partial charge in [-0.15, -0.1) is 0 Å². The zero-order chi connectivity index (χ0) is 16.9. The highest BCUT2D eigenvalue weighted by atomic mass is 16.2. The zero-order valence-electron chi connectivity index (χ0n) is 15.2. The molecule has 2 aliphatic rings. The predicted molar refractivity (Wildman–Crippen MR) is 99.7 cm³/mol. The Bertz CT molecular complexity index is 524. The number of carbonyl (C=O) groups is 1. The van der Waals surface area contributed by atoms with Crippen LogP contribution in [-0.2, 0) is 0 Å². The lowest BCUT2D eigenvalue weighted by Crippen LogP contribution is -2.47. The molecular formula is C20H31N3O. The van der Waals surface area contributed by atoms with Crippen molar-refractivity contribution in [2.45, 2.75) is 44.6 Å². The van der Waals surface area contributed by atoms with Gasteiger partial charge >= 0.3 is 0 Å². The molecule has 0 radical (unpaired) electrons. The Morgan fingerprint density at radius 2 is 1.50 bits per heavy atom. The van der Waals surface area contributed by atoms with Crippen molar-refractivity contribution >= 4 is 11.6 Å². The SMILES string of the molecule is CN(C)c1ccc(C(=O)N2CCC(N3CCCCCC3)CC2)cc1. The fraction of sp³-hybridized carbons (Fsp3) is 0.650. The molecule has 0 saturated carbocycles. The topological polar surface area (TPSA) is 26.8 Å². The van der Waals surface area contributed by atoms with Crippen molar-refractivity contribution in [2.24, 2.45) is 0 Å². The molecule has 0 unspecified atom stereocenters. The minimum atomic E-state index is 0.189. The van der Waals surface area contributed by atoms with Crippen LogP contribution >= 0.6 is 0 Å². The first-order valence-corrected chi connectivity index (χ1v) is 9.46. The summed E-state index contributed by atoms with van der Waals surface area (Å²) in [4.78, 5) is 19.5. The molecule has 132 valence electrons. The molecule has 0 spiro atoms. The van der Waals surface area contributed by atoms with Crippen LogP contribution in [0.15, 0.2) is 24.3 Å². The van der Waals surface area contributed by atoms with Crippen molar-refractivity contribution in [3.8, 4) is 0 Å². The molecule has 0 atom stereocenters. The molecule has 0 bridgehead atoms. The molecule has 0 aliphatic carbocycles. The van der Waals surface area contributed by atoms with Gasteiger partial charge in [0.2, 0.25) is 0 Å². The summed E-state index contributed by atoms with van der Waals surface area (Å²) in [5.74, 6) is 0.189. The number of hydrogen-bond donors (Lipinski definition) is 0. The normalized spacial score (nSPS) is 20.7. The van der Waals surface area contributed by atoms with Crippen molar-refractivity contribution in [1.82, 2.24) is 9.80 Å². The first-order valence-electron chi connectivity index (χ1n) is 9.46. The van der Waals surface area contributed by atoms with E-state index in [9.17, 15) is 4.79 Å². The van der Waals surface area contributed by atoms with Gasteiger partial charge in [0.05, 0.1) is 0 Å². The lowest BCUT2D eigenvalue weighted by Gasteiger charge is -2.38. The molecular weight excluding hydrogens is 298 g/mol. The third-order valence-electron chi connectivity index (χ3n) is 5.54. The van der Waals surface area contributed by atoms with Gasteiger partial charge in [-0.25, -0.2) is 0 Å². The van der Waals surface area contributed by atoms with Crippen LogP contribution < -0.4 is 4.90 Å². The number of nitrogens with zero attached hydrogens (tertiary/aromatic N) is 3. The maximum atomic E-state index is 12.7. The highest BCUT2D eigenvalue weighted by Gasteiger charge is 2.27. The number of benzene rings is 1. The van der Waals surface area contributed by atoms with Crippen molar-refractivity contribution < 1.29 is 4.79 Å². The van der Waals surface area contributed by atoms with Gasteiger partial charge in [0.1, 0.15) is 0 Å². The van der Waals surface area contributed by atoms with Crippen LogP contribution in [0.4, 0.5) is 5.69 Å². The Balaban J connectivity index is 1.54. The fourth-order valence-corrected chi connectivity index (χ4v) is 3.98. The van der Waals surface area contributed by atoms with Gasteiger partial charge in [0, 0.05) is 44.5 Å². The zero-order valence-corrected chi connectivity index (χ0v) is 15.2. The van der Waals surface area contributed by atoms with E-state index in [0.717, 1.165) is 37.2 Å². The maximum absolute atomic E-state index is 12.7. The van der Waals surface area contributed by atoms with Gasteiger partial charge in [-0.3, -0.25) is 4.79 Å². The summed E-state index contributed by atoms with van der Waals surface area (Å²) in [6, 6.07) is 8.65. The minimum absolute atomic E-state index is 0.189. The monoisotopic (exact) mass is 329 g/mol. The van der Waals surface area contributed by atoms with Crippen LogP contribution in [0.3, 0.4) is 0 Å². The van der Waals surface area contributed by atoms with Gasteiger partial charge in [-0.2, -0.15) is 0 Å². The van der Waals surface area contributed by atoms with E-state index in [1.165, 1.54) is 38.8 Å². The Hall–Kier alpha value is -1.55. The van der Waals surface area contributed by atoms with E-state index in [1.807, 2.05) is 43.3 Å². The molecule has 2 aliphatic heterocycles. The molecule has 4 heteroatoms. The Kier molecular flexibility index (Phi) is 5.77. The number of hydrogen-bond acceptors (Lipinski definition) is 3. The Morgan fingerprint density at radius 1 is 0.917 bits per heavy atom. The smallest absolute Gasteiger partial charge is 0.253 e. The van der Waals surface area contributed by atoms with E-state index in [2.05, 4.69) is 9.80 Å². The van der Waals surface area contributed by atoms with E-state index in [0.29, 0.717) is 6.04 Å². The van der Waals surface area contributed by atoms with Crippen LogP contribution in [-0.4, -0.2) is 62.0 Å². The fourth-order valence-electron chi connectivity index (χ4n) is 3.98. The van der Waals surface area contributed by atoms with E-state index >= 15 is 0 Å². The molecule has 24 heavy (non-hydrogen) atoms. The second-order valence-electron chi connectivity index (χ2n) is 7.41. The number of rotatable bonds is 3. The lowest BCUT2D eigenvalue weighted by molar-refractivity contribution is 0.0623. The van der Waals surface area contributed by atoms with Gasteiger partial charge in [0.25, 0.3) is 5.91 Å². The van der Waals surface area contributed by atoms with E-state index in [4.69, 9.17) is 0 Å². The number of carbonyl (C=O) groups excluding carboxylic acids is 1. The number of piperidine rings is 1. The predicted octanol–water partition coefficient (Wildman–Crippen LogP) is 3.23. The second-order valence-corrected chi connectivity index (χ2v) is 7.41. The maximum Gasteiger partial charge on any atom is 0.253 e. The van der Waals surface area contributed by atoms with Gasteiger partial charge < -0.3 is 14.7 Å². The van der Waals surface area contributed by atoms with Crippen molar-refractivity contribution in [3.63, 3.8) is 0 Å². The molecule has 0 N–H and O–H groups in total. The van der Waals surface area contributed by atoms with E-state index < -0.39 is 0 Å². The highest BCUT2D eigenvalue weighted by Crippen LogP contribution is 2.22. The quantitative estimate of drug-likeness (QED) is 0.852. The summed E-state index contributed by atoms with van der Waals surface area (Å²) in [7, 11) is 4.04. The van der Waals surface area contributed by atoms with E-state index in [1.54, 1.807) is 0 Å². The number of amides is 1. The summed E-state index contributed by atoms with van der Waals surface area (Å²) in [6.07, 6.45) is 7.71. The van der Waals surface area contributed by atoms with Gasteiger partial charge in [-0.05, 0) is 63.0 Å². The lowest BCUT2D eigenvalue weighted by atomic mass is 10.0. The third-order valence-corrected chi connectivity index (χ3v) is 5.54. The molecule has 0 aromatic heterocycles. The van der Waals surface area contributed by atoms with Crippen molar-refractivity contribution in [3.05, 3.63) is 29.8 Å². The van der Waals surface area contributed by atoms with E-state index in [-0.39, 0.29) is 5.91 Å². The average molecular weight is 329 g/mol. The number of anilines is 1. The van der Waals surface area contributed by atoms with Crippen LogP contribution in [0.5, 0.6) is 0 Å². The van der Waals surface area contributed by atoms with Crippen molar-refractivity contribution in [2.75, 3.05) is 45.2 Å². The molecule has 3 rings (SSSR count). The summed E-state index contributed by atoms with van der Waals surface area (Å²) >= 11 is 0. The summed E-state index contributed by atoms with van der Waals surface area (Å²) < 4.78 is 0. The summed E-state index contributed by atoms with van der Waals surface area (Å²) in [5.41, 5.74) is 1.94. The third kappa shape index (κ3) is 4.10. The van der Waals surface area contributed by atoms with Crippen LogP contribution in [0.1, 0.15) is 48.9 Å². The van der Waals surface area contributed by atoms with Crippen LogP contribution in [0.25, 0.3) is 0 Å². The first kappa shape index (κ1) is 17.3. The standard InChI is InChI=1S/C20H31N3O/c1-21(2)18-9-7-17(8-10-18)20(24)23-15-11-19(12-16-23)22-13-5-3-4-6-14-22/h7-10,19H,3-6,11-16H2,1-2H3. The average Bonchev–Trinajstić information content (AvgIpc) is 2.91. The Labute approximate surface area is 146 Å². The van der Waals surface area contributed by atoms with Gasteiger partial charge in [-0.1, -0.05) is 12.8 Å². The molecule has 2 saturated heterocycles. The molecule has 1 amide bonds. The Morgan fingerprint density at radius 3 is 2.04 bits per heavy atom. The van der Waals surface area contributed by atoms with Crippen LogP contribution in [0.2, 0.25) is 0 Å². The molecule has 1 aromatic rings. The first-order chi connectivity index (χ1) is 11.6. The van der Waals surface area contributed by atoms with Gasteiger partial charge in [0.15, 0.2) is 0 Å². The second kappa shape index (κ2) is 8.02. The minimum Gasteiger partial charge on any atom is -0.378 e. The van der Waals surface area contributed by atoms with Crippen LogP contribution in [0, 0.1) is 0 Å². The largest absolute Gasteiger partial charge is 0.378 e.